The van der Waals surface area contributed by atoms with Gasteiger partial charge in [0.05, 0.1) is 6.42 Å². The first-order valence-corrected chi connectivity index (χ1v) is 9.59. The lowest BCUT2D eigenvalue weighted by Gasteiger charge is -2.14. The number of carboxylic acid groups (broad SMARTS) is 2. The Morgan fingerprint density at radius 3 is 2.63 bits per heavy atom. The molecular weight excluding hydrogens is 390 g/mol. The molecular formula is C17H23N3O5S2. The summed E-state index contributed by atoms with van der Waals surface area (Å²) in [6, 6.07) is 0.809. The Hall–Kier alpha value is -2.04. The minimum atomic E-state index is -1.02. The van der Waals surface area contributed by atoms with Crippen molar-refractivity contribution in [2.75, 3.05) is 6.54 Å². The van der Waals surface area contributed by atoms with Gasteiger partial charge in [0, 0.05) is 35.3 Å². The normalized spacial score (nSPS) is 11.6. The van der Waals surface area contributed by atoms with Crippen LogP contribution in [-0.4, -0.2) is 49.8 Å². The third-order valence-electron chi connectivity index (χ3n) is 3.64. The Labute approximate surface area is 166 Å². The Bertz CT molecular complexity index is 712. The summed E-state index contributed by atoms with van der Waals surface area (Å²) < 4.78 is 0. The maximum absolute atomic E-state index is 12.0. The van der Waals surface area contributed by atoms with Crippen LogP contribution >= 0.6 is 24.0 Å². The average molecular weight is 414 g/mol. The number of rotatable bonds is 11. The Morgan fingerprint density at radius 1 is 1.30 bits per heavy atom. The van der Waals surface area contributed by atoms with E-state index in [0.717, 1.165) is 11.8 Å². The first-order valence-electron chi connectivity index (χ1n) is 8.37. The summed E-state index contributed by atoms with van der Waals surface area (Å²) in [4.78, 5) is 38.5. The van der Waals surface area contributed by atoms with Crippen molar-refractivity contribution in [3.05, 3.63) is 23.5 Å². The quantitative estimate of drug-likeness (QED) is 0.240. The molecule has 0 amide bonds. The maximum Gasteiger partial charge on any atom is 0.320 e. The van der Waals surface area contributed by atoms with Gasteiger partial charge < -0.3 is 21.3 Å². The van der Waals surface area contributed by atoms with E-state index in [9.17, 15) is 14.4 Å². The molecule has 5 N–H and O–H groups in total. The van der Waals surface area contributed by atoms with Gasteiger partial charge in [-0.1, -0.05) is 24.0 Å². The summed E-state index contributed by atoms with van der Waals surface area (Å²) in [5, 5.41) is 20.3. The van der Waals surface area contributed by atoms with Crippen molar-refractivity contribution < 1.29 is 24.6 Å². The van der Waals surface area contributed by atoms with Crippen molar-refractivity contribution in [2.45, 2.75) is 50.0 Å². The minimum Gasteiger partial charge on any atom is -0.481 e. The third-order valence-corrected chi connectivity index (χ3v) is 4.98. The summed E-state index contributed by atoms with van der Waals surface area (Å²) in [6.07, 6.45) is 3.01. The number of aromatic nitrogens is 1. The van der Waals surface area contributed by atoms with Crippen molar-refractivity contribution in [2.24, 2.45) is 5.73 Å². The largest absolute Gasteiger partial charge is 0.481 e. The molecule has 0 bridgehead atoms. The monoisotopic (exact) mass is 413 g/mol. The van der Waals surface area contributed by atoms with Gasteiger partial charge in [0.25, 0.3) is 0 Å². The molecule has 1 heterocycles. The van der Waals surface area contributed by atoms with E-state index in [1.165, 1.54) is 0 Å². The van der Waals surface area contributed by atoms with E-state index < -0.39 is 18.0 Å². The molecule has 1 aromatic heterocycles. The topological polar surface area (TPSA) is 143 Å². The highest BCUT2D eigenvalue weighted by Gasteiger charge is 2.16. The van der Waals surface area contributed by atoms with Gasteiger partial charge in [-0.3, -0.25) is 19.4 Å². The zero-order valence-corrected chi connectivity index (χ0v) is 16.6. The molecule has 10 heteroatoms. The van der Waals surface area contributed by atoms with Gasteiger partial charge in [-0.05, 0) is 32.3 Å². The minimum absolute atomic E-state index is 0.0646. The molecule has 0 saturated heterocycles. The van der Waals surface area contributed by atoms with Crippen molar-refractivity contribution in [1.29, 1.82) is 0 Å². The smallest absolute Gasteiger partial charge is 0.320 e. The summed E-state index contributed by atoms with van der Waals surface area (Å²) in [5.41, 5.74) is 6.76. The number of carbonyl (C=O) groups is 3. The van der Waals surface area contributed by atoms with E-state index in [2.05, 4.69) is 10.3 Å². The lowest BCUT2D eigenvalue weighted by atomic mass is 10.1. The second kappa shape index (κ2) is 11.6. The van der Waals surface area contributed by atoms with E-state index in [1.807, 2.05) is 0 Å². The standard InChI is InChI=1S/C17H23N3O5S2/c1-10-15(16(26)20-8-3-2-4-11(18)17(24)25)12(7-9-19-10)27-14(23)6-5-13(21)22/h7,9,11H,2-6,8,18H2,1H3,(H,20,26)(H,21,22)(H,24,25)/t11-/m1/s1. The van der Waals surface area contributed by atoms with Gasteiger partial charge in [0.1, 0.15) is 11.0 Å². The van der Waals surface area contributed by atoms with E-state index in [4.69, 9.17) is 28.2 Å². The zero-order valence-electron chi connectivity index (χ0n) is 14.9. The van der Waals surface area contributed by atoms with Crippen molar-refractivity contribution >= 4 is 46.0 Å². The number of unbranched alkanes of at least 4 members (excludes halogenated alkanes) is 1. The zero-order chi connectivity index (χ0) is 20.4. The summed E-state index contributed by atoms with van der Waals surface area (Å²) in [6.45, 7) is 2.32. The first kappa shape index (κ1) is 23.0. The van der Waals surface area contributed by atoms with Crippen molar-refractivity contribution in [1.82, 2.24) is 10.3 Å². The molecule has 8 nitrogen and oxygen atoms in total. The highest BCUT2D eigenvalue weighted by Crippen LogP contribution is 2.26. The number of thioether (sulfide) groups is 1. The van der Waals surface area contributed by atoms with Crippen molar-refractivity contribution in [3.63, 3.8) is 0 Å². The molecule has 0 fully saturated rings. The number of pyridine rings is 1. The van der Waals surface area contributed by atoms with E-state index in [-0.39, 0.29) is 18.0 Å². The van der Waals surface area contributed by atoms with Gasteiger partial charge in [-0.25, -0.2) is 0 Å². The van der Waals surface area contributed by atoms with Gasteiger partial charge in [-0.2, -0.15) is 0 Å². The van der Waals surface area contributed by atoms with Gasteiger partial charge in [0.15, 0.2) is 5.12 Å². The number of aliphatic carboxylic acids is 2. The molecule has 0 saturated carbocycles. The van der Waals surface area contributed by atoms with Crippen LogP contribution in [-0.2, 0) is 14.4 Å². The maximum atomic E-state index is 12.0. The molecule has 0 aromatic carbocycles. The first-order chi connectivity index (χ1) is 12.7. The lowest BCUT2D eigenvalue weighted by Crippen LogP contribution is -2.30. The molecule has 0 radical (unpaired) electrons. The fourth-order valence-corrected chi connectivity index (χ4v) is 3.54. The second-order valence-corrected chi connectivity index (χ2v) is 7.34. The van der Waals surface area contributed by atoms with E-state index in [1.54, 1.807) is 19.2 Å². The van der Waals surface area contributed by atoms with Crippen LogP contribution in [0, 0.1) is 6.92 Å². The van der Waals surface area contributed by atoms with Crippen molar-refractivity contribution in [3.8, 4) is 0 Å². The Kier molecular flexibility index (Phi) is 9.90. The SMILES string of the molecule is Cc1nccc(SC(=O)CCC(=O)O)c1C(=S)NCCCC[C@@H](N)C(=O)O. The fourth-order valence-electron chi connectivity index (χ4n) is 2.19. The predicted octanol–water partition coefficient (Wildman–Crippen LogP) is 1.72. The van der Waals surface area contributed by atoms with E-state index in [0.29, 0.717) is 46.9 Å². The summed E-state index contributed by atoms with van der Waals surface area (Å²) in [7, 11) is 0. The second-order valence-electron chi connectivity index (χ2n) is 5.83. The number of carbonyl (C=O) groups excluding carboxylic acids is 1. The highest BCUT2D eigenvalue weighted by molar-refractivity contribution is 8.13. The molecule has 0 spiro atoms. The molecule has 1 aromatic rings. The number of nitrogens with one attached hydrogen (secondary N) is 1. The Morgan fingerprint density at radius 2 is 2.00 bits per heavy atom. The molecule has 148 valence electrons. The highest BCUT2D eigenvalue weighted by atomic mass is 32.2. The third kappa shape index (κ3) is 8.46. The van der Waals surface area contributed by atoms with Crippen LogP contribution in [0.4, 0.5) is 0 Å². The van der Waals surface area contributed by atoms with Crippen LogP contribution in [0.2, 0.25) is 0 Å². The van der Waals surface area contributed by atoms with Gasteiger partial charge in [-0.15, -0.1) is 0 Å². The van der Waals surface area contributed by atoms with Crippen LogP contribution < -0.4 is 11.1 Å². The molecule has 0 aliphatic heterocycles. The number of aryl methyl sites for hydroxylation is 1. The molecule has 0 unspecified atom stereocenters. The number of carboxylic acids is 2. The van der Waals surface area contributed by atoms with Crippen LogP contribution in [0.25, 0.3) is 0 Å². The summed E-state index contributed by atoms with van der Waals surface area (Å²) >= 11 is 6.36. The molecule has 1 rings (SSSR count). The molecule has 1 atom stereocenters. The van der Waals surface area contributed by atoms with Crippen LogP contribution in [0.15, 0.2) is 17.2 Å². The van der Waals surface area contributed by atoms with Crippen LogP contribution in [0.3, 0.4) is 0 Å². The predicted molar refractivity (Wildman–Crippen MR) is 106 cm³/mol. The summed E-state index contributed by atoms with van der Waals surface area (Å²) in [5.74, 6) is -2.03. The number of nitrogens with two attached hydrogens (primary N) is 1. The number of nitrogens with zero attached hydrogens (tertiary/aromatic N) is 1. The van der Waals surface area contributed by atoms with Crippen LogP contribution in [0.1, 0.15) is 43.4 Å². The Balaban J connectivity index is 2.62. The average Bonchev–Trinajstić information content (AvgIpc) is 2.59. The number of thiocarbonyl (C=S) groups is 1. The van der Waals surface area contributed by atoms with Gasteiger partial charge >= 0.3 is 11.9 Å². The van der Waals surface area contributed by atoms with Gasteiger partial charge in [0.2, 0.25) is 0 Å². The fraction of sp³-hybridized carbons (Fsp3) is 0.471. The molecule has 0 aliphatic carbocycles. The van der Waals surface area contributed by atoms with E-state index >= 15 is 0 Å². The molecule has 27 heavy (non-hydrogen) atoms. The number of hydrogen-bond acceptors (Lipinski definition) is 7. The van der Waals surface area contributed by atoms with Crippen LogP contribution in [0.5, 0.6) is 0 Å². The molecule has 0 aliphatic rings. The lowest BCUT2D eigenvalue weighted by molar-refractivity contribution is -0.139. The number of hydrogen-bond donors (Lipinski definition) is 4.